The number of pyridine rings is 1. The number of nitrogens with one attached hydrogen (secondary N) is 1. The highest BCUT2D eigenvalue weighted by Gasteiger charge is 2.58. The van der Waals surface area contributed by atoms with E-state index in [4.69, 9.17) is 9.47 Å². The first-order valence-corrected chi connectivity index (χ1v) is 13.1. The number of ether oxygens (including phenoxy) is 2. The van der Waals surface area contributed by atoms with E-state index in [1.165, 1.54) is 0 Å². The number of benzene rings is 1. The third-order valence-electron chi connectivity index (χ3n) is 9.06. The van der Waals surface area contributed by atoms with Crippen molar-refractivity contribution in [1.82, 2.24) is 9.88 Å². The molecule has 36 heavy (non-hydrogen) atoms. The topological polar surface area (TPSA) is 87.2 Å². The molecule has 1 aliphatic carbocycles. The molecule has 8 nitrogen and oxygen atoms in total. The summed E-state index contributed by atoms with van der Waals surface area (Å²) in [5, 5.41) is 15.6. The number of aromatic nitrogens is 1. The Morgan fingerprint density at radius 3 is 2.64 bits per heavy atom. The second-order valence-corrected chi connectivity index (χ2v) is 11.1. The molecule has 3 aliphatic heterocycles. The first-order chi connectivity index (χ1) is 17.4. The highest BCUT2D eigenvalue weighted by Crippen LogP contribution is 2.59. The quantitative estimate of drug-likeness (QED) is 0.664. The van der Waals surface area contributed by atoms with Gasteiger partial charge in [0.1, 0.15) is 5.82 Å². The molecule has 8 heteroatoms. The number of fused-ring (bicyclic) bond motifs is 1. The third kappa shape index (κ3) is 4.10. The summed E-state index contributed by atoms with van der Waals surface area (Å²) in [6.07, 6.45) is 6.18. The van der Waals surface area contributed by atoms with Gasteiger partial charge in [-0.3, -0.25) is 9.69 Å². The average Bonchev–Trinajstić information content (AvgIpc) is 3.48. The van der Waals surface area contributed by atoms with Gasteiger partial charge in [-0.2, -0.15) is 0 Å². The maximum Gasteiger partial charge on any atom is 0.229 e. The Labute approximate surface area is 212 Å². The van der Waals surface area contributed by atoms with Crippen molar-refractivity contribution in [3.8, 4) is 0 Å². The summed E-state index contributed by atoms with van der Waals surface area (Å²) >= 11 is 0. The van der Waals surface area contributed by atoms with Gasteiger partial charge in [-0.05, 0) is 60.7 Å². The molecule has 1 aromatic carbocycles. The van der Waals surface area contributed by atoms with Gasteiger partial charge in [0.15, 0.2) is 0 Å². The van der Waals surface area contributed by atoms with E-state index in [2.05, 4.69) is 45.7 Å². The van der Waals surface area contributed by atoms with Crippen LogP contribution in [0.4, 0.5) is 11.5 Å². The van der Waals surface area contributed by atoms with Crippen molar-refractivity contribution in [2.75, 3.05) is 62.8 Å². The Bertz CT molecular complexity index is 1170. The van der Waals surface area contributed by atoms with E-state index in [0.29, 0.717) is 19.0 Å². The van der Waals surface area contributed by atoms with Crippen molar-refractivity contribution in [2.24, 2.45) is 11.3 Å². The van der Waals surface area contributed by atoms with E-state index >= 15 is 0 Å². The van der Waals surface area contributed by atoms with Crippen molar-refractivity contribution in [2.45, 2.75) is 37.8 Å². The number of carbonyl (C=O) groups is 1. The van der Waals surface area contributed by atoms with Crippen molar-refractivity contribution in [3.05, 3.63) is 36.5 Å². The van der Waals surface area contributed by atoms with Gasteiger partial charge < -0.3 is 24.8 Å². The highest BCUT2D eigenvalue weighted by atomic mass is 16.5. The van der Waals surface area contributed by atoms with Crippen LogP contribution in [0.2, 0.25) is 0 Å². The van der Waals surface area contributed by atoms with Crippen LogP contribution < -0.4 is 10.2 Å². The number of nitrogens with zero attached hydrogens (tertiary/aromatic N) is 3. The molecular weight excluding hydrogens is 456 g/mol. The number of aliphatic hydroxyl groups is 1. The molecule has 1 unspecified atom stereocenters. The summed E-state index contributed by atoms with van der Waals surface area (Å²) in [6, 6.07) is 6.29. The van der Waals surface area contributed by atoms with Crippen LogP contribution in [0, 0.1) is 11.3 Å². The van der Waals surface area contributed by atoms with Crippen LogP contribution in [0.5, 0.6) is 0 Å². The van der Waals surface area contributed by atoms with Gasteiger partial charge >= 0.3 is 0 Å². The van der Waals surface area contributed by atoms with Gasteiger partial charge in [-0.25, -0.2) is 4.98 Å². The monoisotopic (exact) mass is 492 g/mol. The molecule has 0 radical (unpaired) electrons. The van der Waals surface area contributed by atoms with Crippen LogP contribution in [-0.2, 0) is 14.3 Å². The fourth-order valence-corrected chi connectivity index (χ4v) is 6.38. The minimum absolute atomic E-state index is 0.0690. The smallest absolute Gasteiger partial charge is 0.229 e. The van der Waals surface area contributed by atoms with E-state index in [9.17, 15) is 9.90 Å². The van der Waals surface area contributed by atoms with Crippen LogP contribution >= 0.6 is 0 Å². The zero-order chi connectivity index (χ0) is 24.9. The second kappa shape index (κ2) is 9.10. The summed E-state index contributed by atoms with van der Waals surface area (Å²) in [6.45, 7) is 12.1. The van der Waals surface area contributed by atoms with Crippen molar-refractivity contribution < 1.29 is 19.4 Å². The zero-order valence-corrected chi connectivity index (χ0v) is 21.0. The second-order valence-electron chi connectivity index (χ2n) is 11.1. The summed E-state index contributed by atoms with van der Waals surface area (Å²) in [7, 11) is 0. The highest BCUT2D eigenvalue weighted by molar-refractivity contribution is 5.97. The predicted octanol–water partition coefficient (Wildman–Crippen LogP) is 2.90. The van der Waals surface area contributed by atoms with Crippen LogP contribution in [0.25, 0.3) is 16.8 Å². The van der Waals surface area contributed by atoms with Crippen LogP contribution in [0.15, 0.2) is 31.0 Å². The summed E-state index contributed by atoms with van der Waals surface area (Å²) in [4.78, 5) is 22.2. The van der Waals surface area contributed by atoms with Crippen LogP contribution in [-0.4, -0.2) is 85.1 Å². The molecule has 1 aromatic heterocycles. The molecule has 192 valence electrons. The van der Waals surface area contributed by atoms with Gasteiger partial charge in [0, 0.05) is 62.6 Å². The average molecular weight is 493 g/mol. The maximum atomic E-state index is 12.9. The molecule has 2 aromatic rings. The van der Waals surface area contributed by atoms with E-state index in [1.54, 1.807) is 0 Å². The van der Waals surface area contributed by atoms with Gasteiger partial charge in [0.2, 0.25) is 5.91 Å². The summed E-state index contributed by atoms with van der Waals surface area (Å²) in [5.74, 6) is 0.751. The molecule has 0 bridgehead atoms. The van der Waals surface area contributed by atoms with Gasteiger partial charge in [-0.1, -0.05) is 12.7 Å². The van der Waals surface area contributed by atoms with E-state index < -0.39 is 6.10 Å². The fraction of sp³-hybridized carbons (Fsp3) is 0.571. The summed E-state index contributed by atoms with van der Waals surface area (Å²) in [5.41, 5.74) is 2.03. The van der Waals surface area contributed by atoms with Gasteiger partial charge in [0.25, 0.3) is 0 Å². The molecule has 3 saturated heterocycles. The third-order valence-corrected chi connectivity index (χ3v) is 9.06. The van der Waals surface area contributed by atoms with Crippen molar-refractivity contribution in [3.63, 3.8) is 0 Å². The predicted molar refractivity (Wildman–Crippen MR) is 140 cm³/mol. The van der Waals surface area contributed by atoms with Crippen LogP contribution in [0.3, 0.4) is 0 Å². The minimum atomic E-state index is -0.452. The lowest BCUT2D eigenvalue weighted by Crippen LogP contribution is -2.60. The molecule has 3 atom stereocenters. The van der Waals surface area contributed by atoms with Gasteiger partial charge in [-0.15, -0.1) is 0 Å². The van der Waals surface area contributed by atoms with Crippen molar-refractivity contribution in [1.29, 1.82) is 0 Å². The molecule has 4 heterocycles. The maximum absolute atomic E-state index is 12.9. The van der Waals surface area contributed by atoms with E-state index in [1.807, 2.05) is 18.3 Å². The number of anilines is 2. The summed E-state index contributed by atoms with van der Waals surface area (Å²) < 4.78 is 11.0. The molecule has 1 spiro atoms. The zero-order valence-electron chi connectivity index (χ0n) is 21.0. The molecule has 2 N–H and O–H groups in total. The van der Waals surface area contributed by atoms with Crippen LogP contribution in [0.1, 0.15) is 31.7 Å². The SMILES string of the molecule is C=Cc1cc2cnc(NC(=O)C3CC34CCOCC4)cc2cc1N1CCN([C@@]2(C)COC[C@H]2O)CC1. The Balaban J connectivity index is 1.18. The van der Waals surface area contributed by atoms with Gasteiger partial charge in [0.05, 0.1) is 24.9 Å². The lowest BCUT2D eigenvalue weighted by Gasteiger charge is -2.45. The normalized spacial score (nSPS) is 30.0. The van der Waals surface area contributed by atoms with E-state index in [0.717, 1.165) is 80.7 Å². The number of amides is 1. The Kier molecular flexibility index (Phi) is 6.03. The molecule has 4 aliphatic rings. The number of rotatable bonds is 5. The molecular formula is C28H36N4O4. The fourth-order valence-electron chi connectivity index (χ4n) is 6.38. The minimum Gasteiger partial charge on any atom is -0.389 e. The molecule has 1 saturated carbocycles. The van der Waals surface area contributed by atoms with E-state index in [-0.39, 0.29) is 22.8 Å². The lowest BCUT2D eigenvalue weighted by atomic mass is 9.93. The Hall–Kier alpha value is -2.52. The lowest BCUT2D eigenvalue weighted by molar-refractivity contribution is -0.118. The number of carbonyl (C=O) groups excluding carboxylic acids is 1. The Morgan fingerprint density at radius 1 is 1.17 bits per heavy atom. The Morgan fingerprint density at radius 2 is 1.94 bits per heavy atom. The first-order valence-electron chi connectivity index (χ1n) is 13.1. The molecule has 6 rings (SSSR count). The standard InChI is InChI=1S/C28H36N4O4/c1-3-19-12-21-16-29-25(30-26(34)22-15-28(22)4-10-35-11-5-28)14-20(21)13-23(19)31-6-8-32(9-7-31)27(2)18-36-17-24(27)33/h3,12-14,16,22,24,33H,1,4-11,15,17-18H2,2H3,(H,29,30,34)/t22?,24-,27+/m1/s1. The number of hydrogen-bond acceptors (Lipinski definition) is 7. The molecule has 4 fully saturated rings. The van der Waals surface area contributed by atoms with Crippen molar-refractivity contribution >= 4 is 34.3 Å². The largest absolute Gasteiger partial charge is 0.389 e. The number of hydrogen-bond donors (Lipinski definition) is 2. The number of piperazine rings is 1. The number of aliphatic hydroxyl groups excluding tert-OH is 1. The first kappa shape index (κ1) is 23.9. The molecule has 1 amide bonds.